The number of hydrogen-bond donors (Lipinski definition) is 0. The van der Waals surface area contributed by atoms with Gasteiger partial charge in [0.15, 0.2) is 4.80 Å². The fraction of sp³-hybridized carbons (Fsp3) is 0.269. The van der Waals surface area contributed by atoms with E-state index in [2.05, 4.69) is 4.99 Å². The molecule has 4 rings (SSSR count). The molecule has 0 saturated carbocycles. The number of ether oxygens (including phenoxy) is 2. The fourth-order valence-corrected chi connectivity index (χ4v) is 5.10. The molecule has 2 aromatic carbocycles. The first-order valence-electron chi connectivity index (χ1n) is 11.2. The largest absolute Gasteiger partial charge is 0.494 e. The quantitative estimate of drug-likeness (QED) is 0.439. The maximum atomic E-state index is 14.4. The Morgan fingerprint density at radius 3 is 2.63 bits per heavy atom. The van der Waals surface area contributed by atoms with Crippen molar-refractivity contribution in [1.82, 2.24) is 4.57 Å². The Hall–Kier alpha value is -3.23. The van der Waals surface area contributed by atoms with Crippen molar-refractivity contribution in [2.75, 3.05) is 13.2 Å². The molecule has 0 bridgehead atoms. The van der Waals surface area contributed by atoms with Crippen molar-refractivity contribution in [3.05, 3.63) is 95.4 Å². The van der Waals surface area contributed by atoms with Crippen molar-refractivity contribution in [3.63, 3.8) is 0 Å². The molecule has 1 aromatic heterocycles. The number of carbonyl (C=O) groups is 1. The van der Waals surface area contributed by atoms with Crippen LogP contribution < -0.4 is 19.6 Å². The number of allylic oxidation sites excluding steroid dienone is 1. The monoisotopic (exact) mass is 514 g/mol. The Labute approximate surface area is 210 Å². The third-order valence-electron chi connectivity index (χ3n) is 5.46. The van der Waals surface area contributed by atoms with Crippen LogP contribution in [0, 0.1) is 5.82 Å². The SMILES string of the molecule is CCCOc1ccc(C2C(C(=O)OCC)=C(C)N=c3s/c(=C\c4c(F)cccc4Cl)c(=O)n32)cc1. The molecule has 6 nitrogen and oxygen atoms in total. The number of halogens is 2. The van der Waals surface area contributed by atoms with E-state index in [0.29, 0.717) is 28.4 Å². The van der Waals surface area contributed by atoms with E-state index < -0.39 is 23.4 Å². The van der Waals surface area contributed by atoms with Crippen molar-refractivity contribution in [2.24, 2.45) is 4.99 Å². The van der Waals surface area contributed by atoms with Crippen LogP contribution in [0.15, 0.2) is 63.5 Å². The molecule has 0 amide bonds. The molecule has 3 aromatic rings. The maximum Gasteiger partial charge on any atom is 0.338 e. The standard InChI is InChI=1S/C26H24ClFN2O4S/c1-4-13-34-17-11-9-16(10-12-17)23-22(25(32)33-5-2)15(3)29-26-30(23)24(31)21(35-26)14-18-19(27)7-6-8-20(18)28/h6-12,14,23H,4-5,13H2,1-3H3/b21-14-. The van der Waals surface area contributed by atoms with E-state index in [1.54, 1.807) is 32.0 Å². The third kappa shape index (κ3) is 4.94. The average molecular weight is 515 g/mol. The number of hydrogen-bond acceptors (Lipinski definition) is 6. The van der Waals surface area contributed by atoms with Crippen LogP contribution in [0.2, 0.25) is 5.02 Å². The Balaban J connectivity index is 1.91. The van der Waals surface area contributed by atoms with Crippen LogP contribution in [-0.4, -0.2) is 23.8 Å². The Bertz CT molecular complexity index is 1450. The van der Waals surface area contributed by atoms with E-state index in [0.717, 1.165) is 17.8 Å². The minimum atomic E-state index is -0.760. The summed E-state index contributed by atoms with van der Waals surface area (Å²) in [6.45, 7) is 6.22. The highest BCUT2D eigenvalue weighted by molar-refractivity contribution is 7.07. The third-order valence-corrected chi connectivity index (χ3v) is 6.77. The molecule has 35 heavy (non-hydrogen) atoms. The van der Waals surface area contributed by atoms with Crippen LogP contribution in [-0.2, 0) is 9.53 Å². The van der Waals surface area contributed by atoms with Crippen molar-refractivity contribution in [3.8, 4) is 5.75 Å². The summed E-state index contributed by atoms with van der Waals surface area (Å²) in [7, 11) is 0. The second kappa shape index (κ2) is 10.6. The normalized spacial score (nSPS) is 15.6. The lowest BCUT2D eigenvalue weighted by Crippen LogP contribution is -2.39. The van der Waals surface area contributed by atoms with Crippen molar-refractivity contribution in [2.45, 2.75) is 33.2 Å². The van der Waals surface area contributed by atoms with Crippen molar-refractivity contribution >= 4 is 35.0 Å². The number of fused-ring (bicyclic) bond motifs is 1. The molecule has 0 spiro atoms. The van der Waals surface area contributed by atoms with Gasteiger partial charge in [0.1, 0.15) is 11.6 Å². The molecule has 0 radical (unpaired) electrons. The molecule has 182 valence electrons. The number of thiazole rings is 1. The van der Waals surface area contributed by atoms with E-state index >= 15 is 0 Å². The summed E-state index contributed by atoms with van der Waals surface area (Å²) in [4.78, 5) is 31.5. The molecule has 1 atom stereocenters. The second-order valence-corrected chi connectivity index (χ2v) is 9.27. The molecule has 1 aliphatic rings. The van der Waals surface area contributed by atoms with Crippen LogP contribution in [0.4, 0.5) is 4.39 Å². The molecule has 1 aliphatic heterocycles. The Morgan fingerprint density at radius 1 is 1.23 bits per heavy atom. The highest BCUT2D eigenvalue weighted by Gasteiger charge is 2.33. The molecular formula is C26H24ClFN2O4S. The predicted molar refractivity (Wildman–Crippen MR) is 134 cm³/mol. The lowest BCUT2D eigenvalue weighted by molar-refractivity contribution is -0.139. The number of aromatic nitrogens is 1. The lowest BCUT2D eigenvalue weighted by atomic mass is 9.96. The molecular weight excluding hydrogens is 491 g/mol. The smallest absolute Gasteiger partial charge is 0.338 e. The van der Waals surface area contributed by atoms with Crippen LogP contribution in [0.1, 0.15) is 44.4 Å². The highest BCUT2D eigenvalue weighted by atomic mass is 35.5. The van der Waals surface area contributed by atoms with Gasteiger partial charge in [-0.1, -0.05) is 48.1 Å². The summed E-state index contributed by atoms with van der Waals surface area (Å²) >= 11 is 7.29. The molecule has 2 heterocycles. The van der Waals surface area contributed by atoms with Gasteiger partial charge >= 0.3 is 5.97 Å². The van der Waals surface area contributed by atoms with E-state index in [-0.39, 0.29) is 27.3 Å². The number of benzene rings is 2. The molecule has 0 aliphatic carbocycles. The number of rotatable bonds is 7. The zero-order valence-electron chi connectivity index (χ0n) is 19.5. The summed E-state index contributed by atoms with van der Waals surface area (Å²) in [5.74, 6) is -0.391. The molecule has 9 heteroatoms. The maximum absolute atomic E-state index is 14.4. The van der Waals surface area contributed by atoms with E-state index in [1.165, 1.54) is 22.8 Å². The van der Waals surface area contributed by atoms with Gasteiger partial charge < -0.3 is 9.47 Å². The summed E-state index contributed by atoms with van der Waals surface area (Å²) in [5.41, 5.74) is 1.14. The van der Waals surface area contributed by atoms with Gasteiger partial charge in [-0.3, -0.25) is 9.36 Å². The summed E-state index contributed by atoms with van der Waals surface area (Å²) in [5, 5.41) is 0.193. The first-order chi connectivity index (χ1) is 16.8. The van der Waals surface area contributed by atoms with Crippen LogP contribution in [0.3, 0.4) is 0 Å². The van der Waals surface area contributed by atoms with Gasteiger partial charge in [-0.15, -0.1) is 0 Å². The minimum Gasteiger partial charge on any atom is -0.494 e. The van der Waals surface area contributed by atoms with Crippen LogP contribution in [0.5, 0.6) is 5.75 Å². The van der Waals surface area contributed by atoms with Gasteiger partial charge in [-0.05, 0) is 56.2 Å². The summed E-state index contributed by atoms with van der Waals surface area (Å²) in [6, 6.07) is 10.8. The van der Waals surface area contributed by atoms with Crippen LogP contribution >= 0.6 is 22.9 Å². The second-order valence-electron chi connectivity index (χ2n) is 7.86. The summed E-state index contributed by atoms with van der Waals surface area (Å²) < 4.78 is 27.1. The molecule has 0 saturated heterocycles. The Morgan fingerprint density at radius 2 is 1.97 bits per heavy atom. The molecule has 1 unspecified atom stereocenters. The molecule has 0 N–H and O–H groups in total. The van der Waals surface area contributed by atoms with E-state index in [9.17, 15) is 14.0 Å². The van der Waals surface area contributed by atoms with Crippen LogP contribution in [0.25, 0.3) is 6.08 Å². The fourth-order valence-electron chi connectivity index (χ4n) is 3.85. The zero-order valence-corrected chi connectivity index (χ0v) is 21.1. The van der Waals surface area contributed by atoms with Crippen molar-refractivity contribution in [1.29, 1.82) is 0 Å². The summed E-state index contributed by atoms with van der Waals surface area (Å²) in [6.07, 6.45) is 2.30. The molecule has 0 fully saturated rings. The van der Waals surface area contributed by atoms with Gasteiger partial charge in [0.05, 0.1) is 40.1 Å². The van der Waals surface area contributed by atoms with E-state index in [4.69, 9.17) is 21.1 Å². The highest BCUT2D eigenvalue weighted by Crippen LogP contribution is 2.31. The first-order valence-corrected chi connectivity index (χ1v) is 12.4. The van der Waals surface area contributed by atoms with Crippen molar-refractivity contribution < 1.29 is 18.7 Å². The first kappa shape index (κ1) is 24.9. The topological polar surface area (TPSA) is 69.9 Å². The minimum absolute atomic E-state index is 0.120. The van der Waals surface area contributed by atoms with Gasteiger partial charge in [-0.2, -0.15) is 0 Å². The zero-order chi connectivity index (χ0) is 25.1. The predicted octanol–water partition coefficient (Wildman–Crippen LogP) is 4.38. The Kier molecular flexibility index (Phi) is 7.52. The average Bonchev–Trinajstić information content (AvgIpc) is 3.14. The number of esters is 1. The lowest BCUT2D eigenvalue weighted by Gasteiger charge is -2.24. The van der Waals surface area contributed by atoms with E-state index in [1.807, 2.05) is 19.1 Å². The van der Waals surface area contributed by atoms with Gasteiger partial charge in [-0.25, -0.2) is 14.2 Å². The number of carbonyl (C=O) groups excluding carboxylic acids is 1. The van der Waals surface area contributed by atoms with Gasteiger partial charge in [0.2, 0.25) is 0 Å². The van der Waals surface area contributed by atoms with Gasteiger partial charge in [0, 0.05) is 5.56 Å². The number of nitrogens with zero attached hydrogens (tertiary/aromatic N) is 2. The van der Waals surface area contributed by atoms with Gasteiger partial charge in [0.25, 0.3) is 5.56 Å².